The molecule has 0 amide bonds. The molecule has 0 unspecified atom stereocenters. The van der Waals surface area contributed by atoms with E-state index in [0.717, 1.165) is 16.3 Å². The lowest BCUT2D eigenvalue weighted by Crippen LogP contribution is -2.19. The molecule has 0 aliphatic rings. The van der Waals surface area contributed by atoms with Crippen LogP contribution >= 0.6 is 11.3 Å². The fourth-order valence-corrected chi connectivity index (χ4v) is 2.13. The second kappa shape index (κ2) is 4.27. The summed E-state index contributed by atoms with van der Waals surface area (Å²) in [6.45, 7) is 5.59. The van der Waals surface area contributed by atoms with E-state index in [9.17, 15) is 0 Å². The van der Waals surface area contributed by atoms with Gasteiger partial charge in [-0.25, -0.2) is 9.97 Å². The summed E-state index contributed by atoms with van der Waals surface area (Å²) in [6.07, 6.45) is 0. The van der Waals surface area contributed by atoms with E-state index in [0.29, 0.717) is 5.82 Å². The summed E-state index contributed by atoms with van der Waals surface area (Å²) in [5, 5.41) is 11.1. The van der Waals surface area contributed by atoms with Crippen LogP contribution in [0.2, 0.25) is 0 Å². The number of nitriles is 1. The zero-order chi connectivity index (χ0) is 12.5. The van der Waals surface area contributed by atoms with Crippen LogP contribution in [0.15, 0.2) is 23.6 Å². The molecule has 3 nitrogen and oxygen atoms in total. The highest BCUT2D eigenvalue weighted by Gasteiger charge is 2.24. The van der Waals surface area contributed by atoms with Gasteiger partial charge in [0.05, 0.1) is 16.6 Å². The minimum Gasteiger partial charge on any atom is -0.236 e. The van der Waals surface area contributed by atoms with Crippen molar-refractivity contribution >= 4 is 11.3 Å². The predicted octanol–water partition coefficient (Wildman–Crippen LogP) is 3.31. The Labute approximate surface area is 105 Å². The second-order valence-corrected chi connectivity index (χ2v) is 5.38. The Morgan fingerprint density at radius 2 is 2.12 bits per heavy atom. The summed E-state index contributed by atoms with van der Waals surface area (Å²) in [4.78, 5) is 9.95. The maximum Gasteiger partial charge on any atom is 0.148 e. The van der Waals surface area contributed by atoms with Gasteiger partial charge in [0.2, 0.25) is 0 Å². The molecule has 2 aromatic rings. The molecule has 0 saturated heterocycles. The Balaban J connectivity index is 2.55. The van der Waals surface area contributed by atoms with Crippen molar-refractivity contribution in [2.75, 3.05) is 0 Å². The monoisotopic (exact) mass is 243 g/mol. The molecule has 4 heteroatoms. The quantitative estimate of drug-likeness (QED) is 0.813. The molecule has 2 heterocycles. The van der Waals surface area contributed by atoms with Crippen LogP contribution in [0, 0.1) is 18.3 Å². The van der Waals surface area contributed by atoms with Crippen LogP contribution in [-0.4, -0.2) is 9.97 Å². The smallest absolute Gasteiger partial charge is 0.148 e. The lowest BCUT2D eigenvalue weighted by atomic mass is 9.94. The molecule has 0 N–H and O–H groups in total. The van der Waals surface area contributed by atoms with E-state index in [1.165, 1.54) is 0 Å². The highest BCUT2D eigenvalue weighted by atomic mass is 32.1. The van der Waals surface area contributed by atoms with E-state index in [-0.39, 0.29) is 0 Å². The number of hydrogen-bond donors (Lipinski definition) is 0. The van der Waals surface area contributed by atoms with Crippen molar-refractivity contribution in [1.82, 2.24) is 9.97 Å². The maximum atomic E-state index is 9.13. The lowest BCUT2D eigenvalue weighted by Gasteiger charge is -2.14. The molecule has 17 heavy (non-hydrogen) atoms. The molecule has 0 aromatic carbocycles. The third-order valence-corrected chi connectivity index (χ3v) is 3.36. The van der Waals surface area contributed by atoms with Crippen LogP contribution in [0.5, 0.6) is 0 Å². The van der Waals surface area contributed by atoms with Crippen LogP contribution in [0.3, 0.4) is 0 Å². The first kappa shape index (κ1) is 11.7. The third-order valence-electron chi connectivity index (χ3n) is 2.47. The zero-order valence-electron chi connectivity index (χ0n) is 10.1. The van der Waals surface area contributed by atoms with Crippen LogP contribution < -0.4 is 0 Å². The fraction of sp³-hybridized carbons (Fsp3) is 0.308. The summed E-state index contributed by atoms with van der Waals surface area (Å²) in [5.74, 6) is 0.586. The molecule has 0 saturated carbocycles. The minimum atomic E-state index is -0.655. The van der Waals surface area contributed by atoms with E-state index >= 15 is 0 Å². The number of aromatic nitrogens is 2. The minimum absolute atomic E-state index is 0.586. The Morgan fingerprint density at radius 3 is 2.71 bits per heavy atom. The van der Waals surface area contributed by atoms with E-state index < -0.39 is 5.41 Å². The van der Waals surface area contributed by atoms with Crippen molar-refractivity contribution < 1.29 is 0 Å². The summed E-state index contributed by atoms with van der Waals surface area (Å²) in [7, 11) is 0. The highest BCUT2D eigenvalue weighted by molar-refractivity contribution is 7.13. The van der Waals surface area contributed by atoms with Gasteiger partial charge in [0.1, 0.15) is 11.2 Å². The first-order chi connectivity index (χ1) is 8.03. The average Bonchev–Trinajstić information content (AvgIpc) is 2.81. The Hall–Kier alpha value is -1.73. The molecule has 0 aliphatic heterocycles. The fourth-order valence-electron chi connectivity index (χ4n) is 1.45. The lowest BCUT2D eigenvalue weighted by molar-refractivity contribution is 0.626. The largest absolute Gasteiger partial charge is 0.236 e. The SMILES string of the molecule is Cc1cc(-c2cccs2)nc(C(C)(C)C#N)n1. The number of hydrogen-bond acceptors (Lipinski definition) is 4. The molecule has 0 radical (unpaired) electrons. The average molecular weight is 243 g/mol. The van der Waals surface area contributed by atoms with Gasteiger partial charge in [0, 0.05) is 5.69 Å². The molecule has 0 spiro atoms. The second-order valence-electron chi connectivity index (χ2n) is 4.43. The van der Waals surface area contributed by atoms with Crippen molar-refractivity contribution in [3.05, 3.63) is 35.1 Å². The van der Waals surface area contributed by atoms with Gasteiger partial charge in [-0.05, 0) is 38.3 Å². The van der Waals surface area contributed by atoms with E-state index in [4.69, 9.17) is 5.26 Å². The van der Waals surface area contributed by atoms with Crippen molar-refractivity contribution in [1.29, 1.82) is 5.26 Å². The maximum absolute atomic E-state index is 9.13. The molecule has 2 rings (SSSR count). The number of nitrogens with zero attached hydrogens (tertiary/aromatic N) is 3. The summed E-state index contributed by atoms with van der Waals surface area (Å²) >= 11 is 1.64. The highest BCUT2D eigenvalue weighted by Crippen LogP contribution is 2.26. The first-order valence-electron chi connectivity index (χ1n) is 5.34. The van der Waals surface area contributed by atoms with Gasteiger partial charge in [-0.3, -0.25) is 0 Å². The van der Waals surface area contributed by atoms with Crippen molar-refractivity contribution in [2.24, 2.45) is 0 Å². The Kier molecular flexibility index (Phi) is 2.95. The van der Waals surface area contributed by atoms with Crippen LogP contribution in [0.4, 0.5) is 0 Å². The Bertz CT molecular complexity index is 565. The Morgan fingerprint density at radius 1 is 1.35 bits per heavy atom. The third kappa shape index (κ3) is 2.34. The summed E-state index contributed by atoms with van der Waals surface area (Å²) < 4.78 is 0. The number of aryl methyl sites for hydroxylation is 1. The van der Waals surface area contributed by atoms with Gasteiger partial charge in [-0.1, -0.05) is 6.07 Å². The van der Waals surface area contributed by atoms with E-state index in [2.05, 4.69) is 16.0 Å². The van der Waals surface area contributed by atoms with Crippen LogP contribution in [0.1, 0.15) is 25.4 Å². The van der Waals surface area contributed by atoms with Crippen LogP contribution in [0.25, 0.3) is 10.6 Å². The van der Waals surface area contributed by atoms with E-state index in [1.807, 2.05) is 44.4 Å². The van der Waals surface area contributed by atoms with Gasteiger partial charge in [0.25, 0.3) is 0 Å². The van der Waals surface area contributed by atoms with Crippen LogP contribution in [-0.2, 0) is 5.41 Å². The summed E-state index contributed by atoms with van der Waals surface area (Å²) in [6, 6.07) is 8.20. The number of rotatable bonds is 2. The molecular formula is C13H13N3S. The summed E-state index contributed by atoms with van der Waals surface area (Å²) in [5.41, 5.74) is 1.13. The molecule has 2 aromatic heterocycles. The van der Waals surface area contributed by atoms with Crippen molar-refractivity contribution in [3.63, 3.8) is 0 Å². The molecule has 0 bridgehead atoms. The van der Waals surface area contributed by atoms with Gasteiger partial charge < -0.3 is 0 Å². The molecular weight excluding hydrogens is 230 g/mol. The predicted molar refractivity (Wildman–Crippen MR) is 68.7 cm³/mol. The number of thiophene rings is 1. The van der Waals surface area contributed by atoms with Gasteiger partial charge >= 0.3 is 0 Å². The first-order valence-corrected chi connectivity index (χ1v) is 6.22. The molecule has 0 atom stereocenters. The van der Waals surface area contributed by atoms with Gasteiger partial charge in [-0.15, -0.1) is 11.3 Å². The topological polar surface area (TPSA) is 49.6 Å². The van der Waals surface area contributed by atoms with Gasteiger partial charge in [-0.2, -0.15) is 5.26 Å². The molecule has 0 fully saturated rings. The molecule has 86 valence electrons. The normalized spacial score (nSPS) is 11.2. The zero-order valence-corrected chi connectivity index (χ0v) is 10.9. The van der Waals surface area contributed by atoms with Gasteiger partial charge in [0.15, 0.2) is 0 Å². The standard InChI is InChI=1S/C13H13N3S/c1-9-7-10(11-5-4-6-17-11)16-12(15-9)13(2,3)8-14/h4-7H,1-3H3. The molecule has 0 aliphatic carbocycles. The van der Waals surface area contributed by atoms with E-state index in [1.54, 1.807) is 11.3 Å². The van der Waals surface area contributed by atoms with Crippen molar-refractivity contribution in [3.8, 4) is 16.6 Å². The van der Waals surface area contributed by atoms with Crippen molar-refractivity contribution in [2.45, 2.75) is 26.2 Å².